The molecule has 1 aromatic carbocycles. The summed E-state index contributed by atoms with van der Waals surface area (Å²) in [5, 5.41) is 4.18. The lowest BCUT2D eigenvalue weighted by Gasteiger charge is -1.96. The van der Waals surface area contributed by atoms with E-state index >= 15 is 0 Å². The van der Waals surface area contributed by atoms with E-state index in [9.17, 15) is 4.79 Å². The summed E-state index contributed by atoms with van der Waals surface area (Å²) in [5.41, 5.74) is 6.32. The van der Waals surface area contributed by atoms with Gasteiger partial charge < -0.3 is 21.4 Å². The third kappa shape index (κ3) is 3.64. The molecule has 0 aliphatic carbocycles. The van der Waals surface area contributed by atoms with E-state index in [0.29, 0.717) is 11.5 Å². The van der Waals surface area contributed by atoms with Gasteiger partial charge in [-0.3, -0.25) is 10.5 Å². The second kappa shape index (κ2) is 6.47. The maximum absolute atomic E-state index is 12.0. The van der Waals surface area contributed by atoms with Crippen LogP contribution < -0.4 is 27.4 Å². The Hall–Kier alpha value is -1.69. The normalized spacial score (nSPS) is 10.3. The first-order valence-corrected chi connectivity index (χ1v) is 5.82. The van der Waals surface area contributed by atoms with E-state index < -0.39 is 0 Å². The monoisotopic (exact) mass is 325 g/mol. The average Bonchev–Trinajstić information content (AvgIpc) is 2.72. The molecule has 102 valence electrons. The number of Topliss-reactive ketones (excluding diaryl/α,β-unsaturated/α-hetero) is 1. The second-order valence-corrected chi connectivity index (χ2v) is 4.38. The van der Waals surface area contributed by atoms with Crippen molar-refractivity contribution >= 4 is 11.8 Å². The van der Waals surface area contributed by atoms with Gasteiger partial charge in [-0.05, 0) is 5.10 Å². The maximum Gasteiger partial charge on any atom is 0.475 e. The van der Waals surface area contributed by atoms with Gasteiger partial charge in [-0.2, -0.15) is 0 Å². The SMILES string of the molecule is CC(C)c1n[n+](CC(=O)c2ccccc2)c(N)o1.[Br-]. The van der Waals surface area contributed by atoms with Crippen molar-refractivity contribution in [2.24, 2.45) is 0 Å². The average molecular weight is 326 g/mol. The number of ketones is 1. The zero-order chi connectivity index (χ0) is 13.1. The highest BCUT2D eigenvalue weighted by Crippen LogP contribution is 2.12. The van der Waals surface area contributed by atoms with Gasteiger partial charge in [-0.15, -0.1) is 0 Å². The molecular weight excluding hydrogens is 310 g/mol. The molecule has 0 atom stereocenters. The van der Waals surface area contributed by atoms with E-state index in [1.807, 2.05) is 32.0 Å². The summed E-state index contributed by atoms with van der Waals surface area (Å²) in [6, 6.07) is 9.20. The van der Waals surface area contributed by atoms with Gasteiger partial charge >= 0.3 is 6.01 Å². The highest BCUT2D eigenvalue weighted by Gasteiger charge is 2.21. The molecule has 2 rings (SSSR count). The lowest BCUT2D eigenvalue weighted by molar-refractivity contribution is -0.727. The fourth-order valence-electron chi connectivity index (χ4n) is 1.55. The molecule has 1 heterocycles. The number of nitrogens with zero attached hydrogens (tertiary/aromatic N) is 2. The first kappa shape index (κ1) is 15.4. The van der Waals surface area contributed by atoms with Gasteiger partial charge in [0.2, 0.25) is 11.7 Å². The number of aromatic nitrogens is 2. The van der Waals surface area contributed by atoms with Crippen molar-refractivity contribution in [1.82, 2.24) is 5.10 Å². The van der Waals surface area contributed by atoms with Crippen LogP contribution in [0.3, 0.4) is 0 Å². The van der Waals surface area contributed by atoms with Gasteiger partial charge in [0.05, 0.1) is 0 Å². The van der Waals surface area contributed by atoms with Crippen molar-refractivity contribution in [1.29, 1.82) is 0 Å². The van der Waals surface area contributed by atoms with E-state index in [1.165, 1.54) is 4.68 Å². The molecule has 1 aromatic heterocycles. The lowest BCUT2D eigenvalue weighted by atomic mass is 10.1. The van der Waals surface area contributed by atoms with Crippen LogP contribution >= 0.6 is 0 Å². The van der Waals surface area contributed by atoms with Gasteiger partial charge in [-0.25, -0.2) is 0 Å². The van der Waals surface area contributed by atoms with Crippen LogP contribution in [0.1, 0.15) is 36.0 Å². The number of anilines is 1. The topological polar surface area (TPSA) is 73.0 Å². The minimum absolute atomic E-state index is 0. The minimum Gasteiger partial charge on any atom is -1.00 e. The smallest absolute Gasteiger partial charge is 0.475 e. The molecule has 2 aromatic rings. The number of nitrogen functional groups attached to an aromatic ring is 1. The van der Waals surface area contributed by atoms with Crippen LogP contribution in [0.25, 0.3) is 0 Å². The Bertz CT molecular complexity index is 552. The molecule has 2 N–H and O–H groups in total. The Balaban J connectivity index is 0.00000180. The van der Waals surface area contributed by atoms with Crippen LogP contribution in [0.5, 0.6) is 0 Å². The molecule has 19 heavy (non-hydrogen) atoms. The number of carbonyl (C=O) groups excluding carboxylic acids is 1. The number of nitrogens with two attached hydrogens (primary N) is 1. The Morgan fingerprint density at radius 2 is 2.00 bits per heavy atom. The fourth-order valence-corrected chi connectivity index (χ4v) is 1.55. The third-order valence-electron chi connectivity index (χ3n) is 2.57. The Kier molecular flexibility index (Phi) is 5.23. The van der Waals surface area contributed by atoms with Crippen LogP contribution in [-0.4, -0.2) is 10.9 Å². The van der Waals surface area contributed by atoms with Crippen molar-refractivity contribution in [3.63, 3.8) is 0 Å². The zero-order valence-electron chi connectivity index (χ0n) is 10.8. The number of hydrogen-bond donors (Lipinski definition) is 1. The van der Waals surface area contributed by atoms with Gasteiger partial charge in [0.25, 0.3) is 0 Å². The first-order valence-electron chi connectivity index (χ1n) is 5.82. The molecule has 0 saturated heterocycles. The molecule has 0 spiro atoms. The Morgan fingerprint density at radius 3 is 2.53 bits per heavy atom. The van der Waals surface area contributed by atoms with Crippen molar-refractivity contribution in [3.05, 3.63) is 41.8 Å². The first-order chi connectivity index (χ1) is 8.58. The summed E-state index contributed by atoms with van der Waals surface area (Å²) in [6.07, 6.45) is 0. The van der Waals surface area contributed by atoms with Gasteiger partial charge in [0.15, 0.2) is 6.54 Å². The van der Waals surface area contributed by atoms with Crippen molar-refractivity contribution < 1.29 is 30.9 Å². The highest BCUT2D eigenvalue weighted by molar-refractivity contribution is 5.94. The molecule has 0 unspecified atom stereocenters. The molecule has 6 heteroatoms. The summed E-state index contributed by atoms with van der Waals surface area (Å²) in [4.78, 5) is 12.0. The van der Waals surface area contributed by atoms with Crippen LogP contribution in [-0.2, 0) is 6.54 Å². The number of halogens is 1. The number of rotatable bonds is 4. The molecule has 5 nitrogen and oxygen atoms in total. The maximum atomic E-state index is 12.0. The Morgan fingerprint density at radius 1 is 1.37 bits per heavy atom. The van der Waals surface area contributed by atoms with E-state index in [1.54, 1.807) is 12.1 Å². The van der Waals surface area contributed by atoms with Gasteiger partial charge in [-0.1, -0.05) is 48.9 Å². The summed E-state index contributed by atoms with van der Waals surface area (Å²) in [6.45, 7) is 4.00. The fraction of sp³-hybridized carbons (Fsp3) is 0.308. The molecule has 0 saturated carbocycles. The predicted octanol–water partition coefficient (Wildman–Crippen LogP) is -1.45. The molecule has 0 bridgehead atoms. The summed E-state index contributed by atoms with van der Waals surface area (Å²) >= 11 is 0. The molecule has 0 radical (unpaired) electrons. The van der Waals surface area contributed by atoms with Crippen LogP contribution in [0.15, 0.2) is 34.7 Å². The molecular formula is C13H16BrN3O2. The molecule has 0 aliphatic rings. The van der Waals surface area contributed by atoms with Gasteiger partial charge in [0, 0.05) is 11.5 Å². The molecule has 0 amide bonds. The largest absolute Gasteiger partial charge is 1.00 e. The summed E-state index contributed by atoms with van der Waals surface area (Å²) in [5.74, 6) is 0.629. The minimum atomic E-state index is -0.0455. The van der Waals surface area contributed by atoms with E-state index in [4.69, 9.17) is 10.2 Å². The summed E-state index contributed by atoms with van der Waals surface area (Å²) in [7, 11) is 0. The Labute approximate surface area is 122 Å². The quantitative estimate of drug-likeness (QED) is 0.551. The van der Waals surface area contributed by atoms with Crippen molar-refractivity contribution in [2.75, 3.05) is 5.73 Å². The standard InChI is InChI=1S/C13H15N3O2.BrH/c1-9(2)12-15-16(13(14)18-12)8-11(17)10-6-4-3-5-7-10;/h3-7,9,14H,8H2,1-2H3;1H. The highest BCUT2D eigenvalue weighted by atomic mass is 79.9. The van der Waals surface area contributed by atoms with Crippen LogP contribution in [0.2, 0.25) is 0 Å². The van der Waals surface area contributed by atoms with Gasteiger partial charge in [0.1, 0.15) is 0 Å². The number of carbonyl (C=O) groups is 1. The van der Waals surface area contributed by atoms with Crippen LogP contribution in [0.4, 0.5) is 6.01 Å². The van der Waals surface area contributed by atoms with Crippen molar-refractivity contribution in [3.8, 4) is 0 Å². The molecule has 0 fully saturated rings. The lowest BCUT2D eigenvalue weighted by Crippen LogP contribution is -3.00. The summed E-state index contributed by atoms with van der Waals surface area (Å²) < 4.78 is 6.68. The predicted molar refractivity (Wildman–Crippen MR) is 66.0 cm³/mol. The number of benzene rings is 1. The molecule has 0 aliphatic heterocycles. The van der Waals surface area contributed by atoms with Crippen LogP contribution in [0, 0.1) is 0 Å². The number of hydrogen-bond acceptors (Lipinski definition) is 4. The van der Waals surface area contributed by atoms with Crippen molar-refractivity contribution in [2.45, 2.75) is 26.3 Å². The van der Waals surface area contributed by atoms with E-state index in [0.717, 1.165) is 0 Å². The van der Waals surface area contributed by atoms with E-state index in [2.05, 4.69) is 5.10 Å². The zero-order valence-corrected chi connectivity index (χ0v) is 12.4. The third-order valence-corrected chi connectivity index (χ3v) is 2.57. The second-order valence-electron chi connectivity index (χ2n) is 4.38. The van der Waals surface area contributed by atoms with E-state index in [-0.39, 0.29) is 41.2 Å².